The summed E-state index contributed by atoms with van der Waals surface area (Å²) in [7, 11) is 0. The molecule has 0 aromatic carbocycles. The minimum Gasteiger partial charge on any atom is -0.341 e. The lowest BCUT2D eigenvalue weighted by atomic mass is 10.6. The second-order valence-corrected chi connectivity index (χ2v) is 5.30. The largest absolute Gasteiger partial charge is 0.341 e. The van der Waals surface area contributed by atoms with Gasteiger partial charge in [0.25, 0.3) is 0 Å². The minimum atomic E-state index is 0.502. The zero-order valence-electron chi connectivity index (χ0n) is 7.72. The van der Waals surface area contributed by atoms with E-state index in [2.05, 4.69) is 24.9 Å². The van der Waals surface area contributed by atoms with Gasteiger partial charge in [0.2, 0.25) is 0 Å². The molecule has 16 heavy (non-hydrogen) atoms. The molecular weight excluding hydrogens is 266 g/mol. The van der Waals surface area contributed by atoms with Crippen LogP contribution in [0.1, 0.15) is 0 Å². The summed E-state index contributed by atoms with van der Waals surface area (Å²) in [6.07, 6.45) is 3.08. The van der Waals surface area contributed by atoms with E-state index >= 15 is 0 Å². The smallest absolute Gasteiger partial charge is 0.181 e. The van der Waals surface area contributed by atoms with Gasteiger partial charge in [-0.3, -0.25) is 0 Å². The Hall–Kier alpha value is -1.18. The molecule has 3 aromatic rings. The number of fused-ring (bicyclic) bond motifs is 1. The van der Waals surface area contributed by atoms with Crippen LogP contribution in [0.4, 0.5) is 0 Å². The molecular formula is C8H4ClN5S2. The van der Waals surface area contributed by atoms with Crippen LogP contribution in [0, 0.1) is 0 Å². The molecule has 0 amide bonds. The molecule has 0 aliphatic heterocycles. The normalized spacial score (nSPS) is 11.1. The molecule has 0 fully saturated rings. The van der Waals surface area contributed by atoms with Gasteiger partial charge in [0.05, 0.1) is 6.33 Å². The molecule has 0 unspecified atom stereocenters. The number of thiazole rings is 1. The van der Waals surface area contributed by atoms with Crippen molar-refractivity contribution in [1.29, 1.82) is 0 Å². The summed E-state index contributed by atoms with van der Waals surface area (Å²) in [6.45, 7) is 0. The predicted octanol–water partition coefficient (Wildman–Crippen LogP) is 2.61. The van der Waals surface area contributed by atoms with E-state index in [1.807, 2.05) is 0 Å². The number of nitrogens with one attached hydrogen (secondary N) is 1. The van der Waals surface area contributed by atoms with Gasteiger partial charge in [0, 0.05) is 5.38 Å². The van der Waals surface area contributed by atoms with Crippen LogP contribution >= 0.6 is 34.7 Å². The first-order valence-electron chi connectivity index (χ1n) is 4.26. The molecule has 0 aliphatic carbocycles. The summed E-state index contributed by atoms with van der Waals surface area (Å²) in [5, 5.41) is 3.09. The van der Waals surface area contributed by atoms with Crippen molar-refractivity contribution < 1.29 is 0 Å². The highest BCUT2D eigenvalue weighted by Crippen LogP contribution is 2.32. The van der Waals surface area contributed by atoms with Crippen molar-refractivity contribution in [3.63, 3.8) is 0 Å². The van der Waals surface area contributed by atoms with Gasteiger partial charge in [0.15, 0.2) is 9.99 Å². The van der Waals surface area contributed by atoms with Gasteiger partial charge in [-0.15, -0.1) is 11.3 Å². The number of hydrogen-bond donors (Lipinski definition) is 1. The number of hydrogen-bond acceptors (Lipinski definition) is 6. The molecule has 0 spiro atoms. The van der Waals surface area contributed by atoms with Crippen LogP contribution in [-0.4, -0.2) is 24.9 Å². The summed E-state index contributed by atoms with van der Waals surface area (Å²) in [5.74, 6) is 0. The van der Waals surface area contributed by atoms with Crippen LogP contribution in [0.25, 0.3) is 11.2 Å². The van der Waals surface area contributed by atoms with Crippen LogP contribution in [0.3, 0.4) is 0 Å². The van der Waals surface area contributed by atoms with Crippen molar-refractivity contribution in [1.82, 2.24) is 24.9 Å². The third kappa shape index (κ3) is 1.77. The molecule has 5 nitrogen and oxygen atoms in total. The Morgan fingerprint density at radius 3 is 3.06 bits per heavy atom. The lowest BCUT2D eigenvalue weighted by molar-refractivity contribution is 1.08. The van der Waals surface area contributed by atoms with Crippen molar-refractivity contribution in [3.05, 3.63) is 23.2 Å². The summed E-state index contributed by atoms with van der Waals surface area (Å²) < 4.78 is 0.847. The quantitative estimate of drug-likeness (QED) is 0.725. The predicted molar refractivity (Wildman–Crippen MR) is 62.9 cm³/mol. The van der Waals surface area contributed by atoms with Gasteiger partial charge < -0.3 is 4.98 Å². The first kappa shape index (κ1) is 10.0. The maximum Gasteiger partial charge on any atom is 0.181 e. The Kier molecular flexibility index (Phi) is 2.50. The second-order valence-electron chi connectivity index (χ2n) is 2.82. The Labute approximate surface area is 103 Å². The SMILES string of the molecule is Clc1csc(Sc2ncnc3nc[nH]c23)n1. The van der Waals surface area contributed by atoms with Crippen molar-refractivity contribution in [2.75, 3.05) is 0 Å². The number of halogens is 1. The fraction of sp³-hybridized carbons (Fsp3) is 0. The fourth-order valence-corrected chi connectivity index (χ4v) is 3.14. The van der Waals surface area contributed by atoms with Crippen LogP contribution < -0.4 is 0 Å². The highest BCUT2D eigenvalue weighted by molar-refractivity contribution is 8.01. The molecule has 0 atom stereocenters. The Morgan fingerprint density at radius 2 is 2.25 bits per heavy atom. The van der Waals surface area contributed by atoms with E-state index in [0.717, 1.165) is 14.9 Å². The fourth-order valence-electron chi connectivity index (χ4n) is 1.19. The maximum absolute atomic E-state index is 5.76. The summed E-state index contributed by atoms with van der Waals surface area (Å²) in [4.78, 5) is 19.4. The summed E-state index contributed by atoms with van der Waals surface area (Å²) >= 11 is 8.68. The minimum absolute atomic E-state index is 0.502. The van der Waals surface area contributed by atoms with Crippen LogP contribution in [-0.2, 0) is 0 Å². The van der Waals surface area contributed by atoms with Gasteiger partial charge >= 0.3 is 0 Å². The lowest BCUT2D eigenvalue weighted by Crippen LogP contribution is -1.85. The molecule has 8 heteroatoms. The average molecular weight is 270 g/mol. The van der Waals surface area contributed by atoms with Crippen LogP contribution in [0.15, 0.2) is 27.4 Å². The summed E-state index contributed by atoms with van der Waals surface area (Å²) in [5.41, 5.74) is 1.47. The number of H-pyrrole nitrogens is 1. The van der Waals surface area contributed by atoms with E-state index in [4.69, 9.17) is 11.6 Å². The van der Waals surface area contributed by atoms with Gasteiger partial charge in [-0.05, 0) is 11.8 Å². The molecule has 0 saturated heterocycles. The first-order chi connectivity index (χ1) is 7.83. The van der Waals surface area contributed by atoms with E-state index in [1.165, 1.54) is 29.4 Å². The molecule has 0 saturated carbocycles. The number of rotatable bonds is 2. The summed E-state index contributed by atoms with van der Waals surface area (Å²) in [6, 6.07) is 0. The topological polar surface area (TPSA) is 67.3 Å². The van der Waals surface area contributed by atoms with Crippen LogP contribution in [0.5, 0.6) is 0 Å². The van der Waals surface area contributed by atoms with Crippen LogP contribution in [0.2, 0.25) is 5.15 Å². The third-order valence-electron chi connectivity index (χ3n) is 1.83. The number of aromatic amines is 1. The highest BCUT2D eigenvalue weighted by atomic mass is 35.5. The average Bonchev–Trinajstić information content (AvgIpc) is 2.87. The highest BCUT2D eigenvalue weighted by Gasteiger charge is 2.09. The van der Waals surface area contributed by atoms with Gasteiger partial charge in [-0.2, -0.15) is 0 Å². The lowest BCUT2D eigenvalue weighted by Gasteiger charge is -1.96. The standard InChI is InChI=1S/C8H4ClN5S2/c9-4-1-15-8(14-4)16-7-5-6(11-2-10-5)12-3-13-7/h1-3H,(H,10,11,12,13). The monoisotopic (exact) mass is 269 g/mol. The van der Waals surface area contributed by atoms with Crippen molar-refractivity contribution in [2.24, 2.45) is 0 Å². The van der Waals surface area contributed by atoms with Gasteiger partial charge in [-0.1, -0.05) is 11.6 Å². The van der Waals surface area contributed by atoms with E-state index in [1.54, 1.807) is 11.7 Å². The number of aromatic nitrogens is 5. The molecule has 3 aromatic heterocycles. The molecule has 3 rings (SSSR count). The second kappa shape index (κ2) is 4.00. The first-order valence-corrected chi connectivity index (χ1v) is 6.33. The third-order valence-corrected chi connectivity index (χ3v) is 4.09. The molecule has 0 bridgehead atoms. The van der Waals surface area contributed by atoms with E-state index in [9.17, 15) is 0 Å². The molecule has 80 valence electrons. The van der Waals surface area contributed by atoms with Gasteiger partial charge in [-0.25, -0.2) is 19.9 Å². The zero-order chi connectivity index (χ0) is 11.0. The van der Waals surface area contributed by atoms with Gasteiger partial charge in [0.1, 0.15) is 22.0 Å². The molecule has 0 aliphatic rings. The van der Waals surface area contributed by atoms with Crippen molar-refractivity contribution >= 4 is 45.9 Å². The zero-order valence-corrected chi connectivity index (χ0v) is 10.1. The molecule has 0 radical (unpaired) electrons. The Balaban J connectivity index is 2.03. The van der Waals surface area contributed by atoms with Crippen molar-refractivity contribution in [2.45, 2.75) is 9.37 Å². The van der Waals surface area contributed by atoms with Crippen molar-refractivity contribution in [3.8, 4) is 0 Å². The van der Waals surface area contributed by atoms with E-state index < -0.39 is 0 Å². The van der Waals surface area contributed by atoms with E-state index in [0.29, 0.717) is 10.8 Å². The molecule has 3 heterocycles. The Morgan fingerprint density at radius 1 is 1.31 bits per heavy atom. The molecule has 1 N–H and O–H groups in total. The van der Waals surface area contributed by atoms with E-state index in [-0.39, 0.29) is 0 Å². The maximum atomic E-state index is 5.76. The number of nitrogens with zero attached hydrogens (tertiary/aromatic N) is 4. The Bertz CT molecular complexity index is 634. The number of imidazole rings is 1.